The van der Waals surface area contributed by atoms with Crippen LogP contribution in [0, 0.1) is 23.0 Å². The van der Waals surface area contributed by atoms with E-state index >= 15 is 8.78 Å². The van der Waals surface area contributed by atoms with Gasteiger partial charge in [-0.15, -0.1) is 0 Å². The molecule has 8 rings (SSSR count). The summed E-state index contributed by atoms with van der Waals surface area (Å²) in [5, 5.41) is 2.07. The second-order valence-electron chi connectivity index (χ2n) is 17.6. The van der Waals surface area contributed by atoms with Crippen molar-refractivity contribution in [3.05, 3.63) is 81.3 Å². The van der Waals surface area contributed by atoms with Gasteiger partial charge in [0.15, 0.2) is 6.29 Å². The number of nitrogens with zero attached hydrogens (tertiary/aromatic N) is 5. The summed E-state index contributed by atoms with van der Waals surface area (Å²) in [6, 6.07) is 15.9. The number of piperidine rings is 2. The number of nitrogens with one attached hydrogen (secondary N) is 1. The Kier molecular flexibility index (Phi) is 13.8. The number of amidine groups is 1. The number of fused-ring (bicyclic) bond motifs is 2. The lowest BCUT2D eigenvalue weighted by Gasteiger charge is -2.55. The predicted octanol–water partition coefficient (Wildman–Crippen LogP) is 9.92. The number of benzene rings is 3. The summed E-state index contributed by atoms with van der Waals surface area (Å²) in [4.78, 5) is 49.1. The summed E-state index contributed by atoms with van der Waals surface area (Å²) in [5.41, 5.74) is 5.94. The monoisotopic (exact) mass is 886 g/mol. The number of aliphatic imine (C=N–C) groups is 1. The van der Waals surface area contributed by atoms with Gasteiger partial charge >= 0.3 is 0 Å². The number of carbonyl (C=O) groups excluding carboxylic acids is 3. The van der Waals surface area contributed by atoms with Gasteiger partial charge in [0.2, 0.25) is 12.3 Å². The molecule has 4 fully saturated rings. The number of hydrogen-bond donors (Lipinski definition) is 1. The topological polar surface area (TPSA) is 88.6 Å². The van der Waals surface area contributed by atoms with Crippen LogP contribution in [0.3, 0.4) is 0 Å². The van der Waals surface area contributed by atoms with E-state index in [1.807, 2.05) is 39.1 Å². The molecule has 2 amide bonds. The van der Waals surface area contributed by atoms with Crippen LogP contribution in [0.5, 0.6) is 0 Å². The zero-order chi connectivity index (χ0) is 42.6. The summed E-state index contributed by atoms with van der Waals surface area (Å²) >= 11 is 3.64. The highest BCUT2D eigenvalue weighted by Gasteiger charge is 2.50. The van der Waals surface area contributed by atoms with Crippen LogP contribution in [0.1, 0.15) is 119 Å². The SMILES string of the molecule is CC.CN=C1N(c2cccc(Br)c2C=O)c2cc(N3CCC(CN4CC5(CCN(c6cc(F)c(C(C)CCC(=O)NC=O)c(F)c6)CC5)C4)CC3)ccc2C12CCCCC2. The molecule has 4 aliphatic heterocycles. The first-order valence-electron chi connectivity index (χ1n) is 22.2. The number of likely N-dealkylation sites (tertiary alicyclic amines) is 1. The van der Waals surface area contributed by atoms with Crippen molar-refractivity contribution in [3.8, 4) is 0 Å². The highest BCUT2D eigenvalue weighted by Crippen LogP contribution is 2.54. The van der Waals surface area contributed by atoms with Gasteiger partial charge in [-0.05, 0) is 120 Å². The average molecular weight is 888 g/mol. The van der Waals surface area contributed by atoms with Crippen LogP contribution in [-0.4, -0.2) is 82.2 Å². The van der Waals surface area contributed by atoms with E-state index in [0.717, 1.165) is 112 Å². The molecule has 3 saturated heterocycles. The van der Waals surface area contributed by atoms with Gasteiger partial charge in [-0.2, -0.15) is 0 Å². The Morgan fingerprint density at radius 2 is 1.57 bits per heavy atom. The Morgan fingerprint density at radius 1 is 0.900 bits per heavy atom. The fourth-order valence-electron chi connectivity index (χ4n) is 11.0. The largest absolute Gasteiger partial charge is 0.371 e. The van der Waals surface area contributed by atoms with Gasteiger partial charge in [-0.1, -0.05) is 52.2 Å². The summed E-state index contributed by atoms with van der Waals surface area (Å²) in [6.45, 7) is 12.5. The first kappa shape index (κ1) is 43.9. The van der Waals surface area contributed by atoms with Crippen molar-refractivity contribution in [2.24, 2.45) is 16.3 Å². The van der Waals surface area contributed by atoms with E-state index in [0.29, 0.717) is 23.6 Å². The molecule has 60 heavy (non-hydrogen) atoms. The molecule has 4 heterocycles. The maximum atomic E-state index is 15.2. The lowest BCUT2D eigenvalue weighted by Crippen LogP contribution is -2.61. The Balaban J connectivity index is 0.00000268. The minimum absolute atomic E-state index is 0.00517. The molecule has 2 spiro atoms. The van der Waals surface area contributed by atoms with Gasteiger partial charge < -0.3 is 14.7 Å². The second-order valence-corrected chi connectivity index (χ2v) is 18.4. The van der Waals surface area contributed by atoms with E-state index in [9.17, 15) is 14.4 Å². The Hall–Kier alpha value is -4.16. The van der Waals surface area contributed by atoms with Crippen LogP contribution in [0.4, 0.5) is 31.5 Å². The van der Waals surface area contributed by atoms with Gasteiger partial charge in [0.1, 0.15) is 17.5 Å². The maximum absolute atomic E-state index is 15.2. The van der Waals surface area contributed by atoms with Crippen LogP contribution in [0.2, 0.25) is 0 Å². The lowest BCUT2D eigenvalue weighted by molar-refractivity contribution is -0.125. The van der Waals surface area contributed by atoms with Gasteiger partial charge in [-0.25, -0.2) is 8.78 Å². The van der Waals surface area contributed by atoms with Crippen molar-refractivity contribution >= 4 is 63.1 Å². The molecule has 322 valence electrons. The number of rotatable bonds is 11. The van der Waals surface area contributed by atoms with Crippen molar-refractivity contribution in [2.75, 3.05) is 67.6 Å². The van der Waals surface area contributed by atoms with Crippen molar-refractivity contribution < 1.29 is 23.2 Å². The van der Waals surface area contributed by atoms with Crippen molar-refractivity contribution in [1.82, 2.24) is 10.2 Å². The van der Waals surface area contributed by atoms with E-state index < -0.39 is 23.5 Å². The van der Waals surface area contributed by atoms with Crippen LogP contribution in [-0.2, 0) is 15.0 Å². The number of carbonyl (C=O) groups is 3. The normalized spacial score (nSPS) is 21.0. The van der Waals surface area contributed by atoms with Crippen LogP contribution in [0.25, 0.3) is 0 Å². The first-order chi connectivity index (χ1) is 29.1. The number of halogens is 3. The molecule has 0 bridgehead atoms. The average Bonchev–Trinajstić information content (AvgIpc) is 3.50. The van der Waals surface area contributed by atoms with Gasteiger partial charge in [0, 0.05) is 80.7 Å². The van der Waals surface area contributed by atoms with Crippen LogP contribution in [0.15, 0.2) is 58.0 Å². The summed E-state index contributed by atoms with van der Waals surface area (Å²) in [7, 11) is 1.90. The standard InChI is InChI=1S/C46H55BrF2N6O3.C2H6/c1-31(9-12-42(58)51-30-57)43-38(48)23-34(24-39(43)49)54-21-17-45(18-22-54)28-52(29-45)26-32-13-19-53(20-14-32)33-10-11-36-41(25-33)55(40-8-6-7-37(47)35(40)27-56)44(50-2)46(36)15-4-3-5-16-46;1-2/h6-8,10-11,23-25,27,30-32H,3-5,9,12-22,26,28-29H2,1-2H3,(H,51,57,58);1-2H3. The lowest BCUT2D eigenvalue weighted by atomic mass is 9.70. The third-order valence-electron chi connectivity index (χ3n) is 14.1. The maximum Gasteiger partial charge on any atom is 0.226 e. The Bertz CT molecular complexity index is 2040. The molecule has 1 N–H and O–H groups in total. The molecule has 1 aliphatic carbocycles. The molecule has 9 nitrogen and oxygen atoms in total. The van der Waals surface area contributed by atoms with E-state index in [1.165, 1.54) is 42.6 Å². The number of imide groups is 1. The van der Waals surface area contributed by atoms with Gasteiger partial charge in [0.25, 0.3) is 0 Å². The van der Waals surface area contributed by atoms with Crippen molar-refractivity contribution in [3.63, 3.8) is 0 Å². The van der Waals surface area contributed by atoms with E-state index in [2.05, 4.69) is 59.0 Å². The van der Waals surface area contributed by atoms with E-state index in [4.69, 9.17) is 4.99 Å². The minimum Gasteiger partial charge on any atom is -0.371 e. The fourth-order valence-corrected chi connectivity index (χ4v) is 11.4. The molecule has 3 aromatic carbocycles. The summed E-state index contributed by atoms with van der Waals surface area (Å²) < 4.78 is 31.2. The first-order valence-corrected chi connectivity index (χ1v) is 23.0. The van der Waals surface area contributed by atoms with E-state index in [1.54, 1.807) is 6.92 Å². The number of hydrogen-bond acceptors (Lipinski definition) is 7. The number of amides is 2. The zero-order valence-corrected chi connectivity index (χ0v) is 37.3. The highest BCUT2D eigenvalue weighted by molar-refractivity contribution is 9.10. The second kappa shape index (κ2) is 18.8. The molecule has 1 atom stereocenters. The highest BCUT2D eigenvalue weighted by atomic mass is 79.9. The molecule has 1 unspecified atom stereocenters. The van der Waals surface area contributed by atoms with Crippen LogP contribution >= 0.6 is 15.9 Å². The van der Waals surface area contributed by atoms with Crippen molar-refractivity contribution in [2.45, 2.75) is 103 Å². The smallest absolute Gasteiger partial charge is 0.226 e. The summed E-state index contributed by atoms with van der Waals surface area (Å²) in [5.74, 6) is -0.416. The van der Waals surface area contributed by atoms with Crippen molar-refractivity contribution in [1.29, 1.82) is 0 Å². The molecular weight excluding hydrogens is 826 g/mol. The molecule has 0 aromatic heterocycles. The molecule has 1 saturated carbocycles. The summed E-state index contributed by atoms with van der Waals surface area (Å²) in [6.07, 6.45) is 11.6. The Labute approximate surface area is 363 Å². The van der Waals surface area contributed by atoms with Gasteiger partial charge in [-0.3, -0.25) is 29.6 Å². The zero-order valence-electron chi connectivity index (χ0n) is 35.8. The molecule has 5 aliphatic rings. The predicted molar refractivity (Wildman–Crippen MR) is 241 cm³/mol. The molecule has 3 aromatic rings. The molecule has 12 heteroatoms. The Morgan fingerprint density at radius 3 is 2.20 bits per heavy atom. The fraction of sp³-hybridized carbons (Fsp3) is 0.542. The quantitative estimate of drug-likeness (QED) is 0.192. The third kappa shape index (κ3) is 8.52. The van der Waals surface area contributed by atoms with Gasteiger partial charge in [0.05, 0.1) is 22.4 Å². The van der Waals surface area contributed by atoms with Crippen LogP contribution < -0.4 is 20.0 Å². The third-order valence-corrected chi connectivity index (χ3v) is 14.8. The minimum atomic E-state index is -0.584. The molecular formula is C48H61BrF2N6O3. The number of aldehydes is 1. The van der Waals surface area contributed by atoms with E-state index in [-0.39, 0.29) is 29.2 Å². The molecule has 0 radical (unpaired) electrons. The number of anilines is 4.